The van der Waals surface area contributed by atoms with Gasteiger partial charge in [-0.2, -0.15) is 0 Å². The van der Waals surface area contributed by atoms with Crippen molar-refractivity contribution in [1.82, 2.24) is 0 Å². The Bertz CT molecular complexity index is 336. The largest absolute Gasteiger partial charge is 0.382 e. The molecule has 1 rings (SSSR count). The summed E-state index contributed by atoms with van der Waals surface area (Å²) >= 11 is 13.3. The van der Waals surface area contributed by atoms with Crippen molar-refractivity contribution in [1.29, 1.82) is 0 Å². The molecule has 18 heavy (non-hydrogen) atoms. The van der Waals surface area contributed by atoms with E-state index >= 15 is 0 Å². The van der Waals surface area contributed by atoms with E-state index in [9.17, 15) is 0 Å². The predicted molar refractivity (Wildman–Crippen MR) is 86.4 cm³/mol. The normalized spacial score (nSPS) is 11.8. The van der Waals surface area contributed by atoms with Crippen molar-refractivity contribution < 1.29 is 4.74 Å². The average Bonchev–Trinajstić information content (AvgIpc) is 2.41. The molecule has 0 aliphatic heterocycles. The van der Waals surface area contributed by atoms with Crippen molar-refractivity contribution in [3.05, 3.63) is 34.9 Å². The molecule has 0 amide bonds. The number of rotatable bonds is 8. The minimum absolute atomic E-state index is 0.113. The molecule has 0 heterocycles. The molecular weight excluding hydrogens is 379 g/mol. The van der Waals surface area contributed by atoms with Crippen LogP contribution in [0.1, 0.15) is 25.3 Å². The topological polar surface area (TPSA) is 9.23 Å². The quantitative estimate of drug-likeness (QED) is 0.433. The first-order chi connectivity index (χ1) is 8.68. The molecule has 4 heteroatoms. The lowest BCUT2D eigenvalue weighted by molar-refractivity contribution is 0.139. The standard InChI is InChI=1S/C14H19Br2ClO/c1-2-18-9-3-8-14(10-15,11-16)12-4-6-13(17)7-5-12/h4-7H,2-3,8-11H2,1H3. The SMILES string of the molecule is CCOCCCC(CBr)(CBr)c1ccc(Cl)cc1. The van der Waals surface area contributed by atoms with Crippen LogP contribution >= 0.6 is 43.5 Å². The fourth-order valence-electron chi connectivity index (χ4n) is 1.93. The molecule has 102 valence electrons. The van der Waals surface area contributed by atoms with E-state index < -0.39 is 0 Å². The van der Waals surface area contributed by atoms with Crippen molar-refractivity contribution in [2.45, 2.75) is 25.2 Å². The van der Waals surface area contributed by atoms with Gasteiger partial charge in [-0.3, -0.25) is 0 Å². The molecular formula is C14H19Br2ClO. The molecule has 0 saturated carbocycles. The number of alkyl halides is 2. The van der Waals surface area contributed by atoms with Gasteiger partial charge < -0.3 is 4.74 Å². The Morgan fingerprint density at radius 2 is 1.78 bits per heavy atom. The molecule has 0 unspecified atom stereocenters. The van der Waals surface area contributed by atoms with Crippen LogP contribution in [0.5, 0.6) is 0 Å². The lowest BCUT2D eigenvalue weighted by atomic mass is 9.80. The molecule has 1 aromatic carbocycles. The molecule has 0 radical (unpaired) electrons. The minimum atomic E-state index is 0.113. The van der Waals surface area contributed by atoms with Crippen LogP contribution in [0, 0.1) is 0 Å². The molecule has 1 aromatic rings. The van der Waals surface area contributed by atoms with Crippen LogP contribution in [0.25, 0.3) is 0 Å². The Balaban J connectivity index is 2.75. The van der Waals surface area contributed by atoms with Gasteiger partial charge in [0.1, 0.15) is 0 Å². The van der Waals surface area contributed by atoms with Crippen LogP contribution < -0.4 is 0 Å². The van der Waals surface area contributed by atoms with Gasteiger partial charge in [0, 0.05) is 34.3 Å². The molecule has 0 aliphatic rings. The molecule has 0 N–H and O–H groups in total. The van der Waals surface area contributed by atoms with Gasteiger partial charge in [0.15, 0.2) is 0 Å². The smallest absolute Gasteiger partial charge is 0.0466 e. The van der Waals surface area contributed by atoms with E-state index in [2.05, 4.69) is 44.0 Å². The summed E-state index contributed by atoms with van der Waals surface area (Å²) in [5.41, 5.74) is 1.43. The zero-order chi connectivity index (χ0) is 13.4. The van der Waals surface area contributed by atoms with E-state index in [1.165, 1.54) is 5.56 Å². The van der Waals surface area contributed by atoms with Gasteiger partial charge in [0.25, 0.3) is 0 Å². The second kappa shape index (κ2) is 8.57. The molecule has 0 atom stereocenters. The van der Waals surface area contributed by atoms with Gasteiger partial charge in [-0.05, 0) is 37.5 Å². The van der Waals surface area contributed by atoms with Gasteiger partial charge in [-0.1, -0.05) is 55.6 Å². The molecule has 0 fully saturated rings. The number of benzene rings is 1. The van der Waals surface area contributed by atoms with Crippen molar-refractivity contribution in [3.63, 3.8) is 0 Å². The van der Waals surface area contributed by atoms with E-state index in [1.807, 2.05) is 19.1 Å². The van der Waals surface area contributed by atoms with Crippen molar-refractivity contribution in [3.8, 4) is 0 Å². The van der Waals surface area contributed by atoms with Gasteiger partial charge >= 0.3 is 0 Å². The Morgan fingerprint density at radius 3 is 2.28 bits per heavy atom. The first-order valence-corrected chi connectivity index (χ1v) is 8.76. The summed E-state index contributed by atoms with van der Waals surface area (Å²) in [6, 6.07) is 8.15. The van der Waals surface area contributed by atoms with Crippen molar-refractivity contribution in [2.75, 3.05) is 23.9 Å². The van der Waals surface area contributed by atoms with E-state index in [4.69, 9.17) is 16.3 Å². The Kier molecular flexibility index (Phi) is 7.85. The Hall–Kier alpha value is 0.430. The Morgan fingerprint density at radius 1 is 1.17 bits per heavy atom. The highest BCUT2D eigenvalue weighted by atomic mass is 79.9. The summed E-state index contributed by atoms with van der Waals surface area (Å²) in [4.78, 5) is 0. The molecule has 0 aromatic heterocycles. The van der Waals surface area contributed by atoms with Crippen LogP contribution in [-0.4, -0.2) is 23.9 Å². The third kappa shape index (κ3) is 4.52. The lowest BCUT2D eigenvalue weighted by Crippen LogP contribution is -2.30. The van der Waals surface area contributed by atoms with Gasteiger partial charge in [-0.25, -0.2) is 0 Å². The molecule has 0 aliphatic carbocycles. The first-order valence-electron chi connectivity index (χ1n) is 6.14. The summed E-state index contributed by atoms with van der Waals surface area (Å²) in [5.74, 6) is 0. The zero-order valence-electron chi connectivity index (χ0n) is 10.6. The highest BCUT2D eigenvalue weighted by Gasteiger charge is 2.29. The highest BCUT2D eigenvalue weighted by Crippen LogP contribution is 2.34. The third-order valence-corrected chi connectivity index (χ3v) is 5.52. The predicted octanol–water partition coefficient (Wildman–Crippen LogP) is 5.18. The summed E-state index contributed by atoms with van der Waals surface area (Å²) in [6.07, 6.45) is 2.15. The van der Waals surface area contributed by atoms with E-state index in [0.717, 1.165) is 41.7 Å². The van der Waals surface area contributed by atoms with Crippen LogP contribution in [0.15, 0.2) is 24.3 Å². The summed E-state index contributed by atoms with van der Waals surface area (Å²) in [5, 5.41) is 2.64. The molecule has 0 bridgehead atoms. The maximum atomic E-state index is 5.95. The van der Waals surface area contributed by atoms with Gasteiger partial charge in [0.2, 0.25) is 0 Å². The zero-order valence-corrected chi connectivity index (χ0v) is 14.5. The van der Waals surface area contributed by atoms with Crippen LogP contribution in [0.4, 0.5) is 0 Å². The molecule has 0 spiro atoms. The van der Waals surface area contributed by atoms with Gasteiger partial charge in [-0.15, -0.1) is 0 Å². The summed E-state index contributed by atoms with van der Waals surface area (Å²) in [6.45, 7) is 3.64. The fourth-order valence-corrected chi connectivity index (χ4v) is 4.19. The van der Waals surface area contributed by atoms with Crippen LogP contribution in [0.3, 0.4) is 0 Å². The first kappa shape index (κ1) is 16.5. The monoisotopic (exact) mass is 396 g/mol. The second-order valence-electron chi connectivity index (χ2n) is 4.35. The maximum Gasteiger partial charge on any atom is 0.0466 e. The summed E-state index contributed by atoms with van der Waals surface area (Å²) < 4.78 is 5.42. The van der Waals surface area contributed by atoms with Crippen LogP contribution in [-0.2, 0) is 10.2 Å². The lowest BCUT2D eigenvalue weighted by Gasteiger charge is -2.31. The van der Waals surface area contributed by atoms with Crippen molar-refractivity contribution >= 4 is 43.5 Å². The van der Waals surface area contributed by atoms with Crippen LogP contribution in [0.2, 0.25) is 5.02 Å². The maximum absolute atomic E-state index is 5.95. The minimum Gasteiger partial charge on any atom is -0.382 e. The van der Waals surface area contributed by atoms with Gasteiger partial charge in [0.05, 0.1) is 0 Å². The Labute approximate surface area is 132 Å². The average molecular weight is 399 g/mol. The second-order valence-corrected chi connectivity index (χ2v) is 5.91. The van der Waals surface area contributed by atoms with E-state index in [0.29, 0.717) is 0 Å². The highest BCUT2D eigenvalue weighted by molar-refractivity contribution is 9.09. The van der Waals surface area contributed by atoms with Crippen molar-refractivity contribution in [2.24, 2.45) is 0 Å². The van der Waals surface area contributed by atoms with E-state index in [1.54, 1.807) is 0 Å². The summed E-state index contributed by atoms with van der Waals surface area (Å²) in [7, 11) is 0. The number of ether oxygens (including phenoxy) is 1. The fraction of sp³-hybridized carbons (Fsp3) is 0.571. The van der Waals surface area contributed by atoms with E-state index in [-0.39, 0.29) is 5.41 Å². The number of halogens is 3. The third-order valence-electron chi connectivity index (χ3n) is 3.12. The number of hydrogen-bond acceptors (Lipinski definition) is 1. The molecule has 1 nitrogen and oxygen atoms in total. The molecule has 0 saturated heterocycles. The number of hydrogen-bond donors (Lipinski definition) is 0.